The van der Waals surface area contributed by atoms with Crippen molar-refractivity contribution in [2.75, 3.05) is 11.9 Å². The average molecular weight is 322 g/mol. The van der Waals surface area contributed by atoms with Gasteiger partial charge < -0.3 is 15.4 Å². The molecule has 2 saturated heterocycles. The van der Waals surface area contributed by atoms with Crippen LogP contribution in [0.25, 0.3) is 0 Å². The Morgan fingerprint density at radius 1 is 1.13 bits per heavy atom. The van der Waals surface area contributed by atoms with Gasteiger partial charge in [0.25, 0.3) is 0 Å². The third-order valence-corrected chi connectivity index (χ3v) is 4.08. The zero-order chi connectivity index (χ0) is 16.0. The van der Waals surface area contributed by atoms with Crippen molar-refractivity contribution in [2.45, 2.75) is 24.4 Å². The van der Waals surface area contributed by atoms with Crippen LogP contribution >= 0.6 is 0 Å². The van der Waals surface area contributed by atoms with Gasteiger partial charge in [0.15, 0.2) is 0 Å². The maximum Gasteiger partial charge on any atom is 0.419 e. The topological polar surface area (TPSA) is 59.1 Å². The summed E-state index contributed by atoms with van der Waals surface area (Å²) >= 11 is 0. The molecular formula is C15H13F3N4O. The monoisotopic (exact) mass is 322 g/mol. The van der Waals surface area contributed by atoms with Crippen LogP contribution in [0.15, 0.2) is 36.7 Å². The van der Waals surface area contributed by atoms with E-state index in [1.165, 1.54) is 0 Å². The molecule has 2 aliphatic rings. The number of fused-ring (bicyclic) bond motifs is 1. The first-order valence-corrected chi connectivity index (χ1v) is 7.16. The normalized spacial score (nSPS) is 26.0. The summed E-state index contributed by atoms with van der Waals surface area (Å²) in [6, 6.07) is 7.89. The Hall–Kier alpha value is -2.19. The maximum absolute atomic E-state index is 12.5. The number of morpholine rings is 1. The van der Waals surface area contributed by atoms with Crippen molar-refractivity contribution in [3.05, 3.63) is 47.8 Å². The van der Waals surface area contributed by atoms with E-state index in [0.29, 0.717) is 17.8 Å². The first-order valence-electron chi connectivity index (χ1n) is 7.16. The summed E-state index contributed by atoms with van der Waals surface area (Å²) in [5.74, 6) is 0.117. The predicted octanol–water partition coefficient (Wildman–Crippen LogP) is 2.65. The fraction of sp³-hybridized carbons (Fsp3) is 0.333. The van der Waals surface area contributed by atoms with Crippen molar-refractivity contribution in [1.29, 1.82) is 0 Å². The summed E-state index contributed by atoms with van der Waals surface area (Å²) in [5.41, 5.74) is 0.895. The van der Waals surface area contributed by atoms with Crippen LogP contribution in [0.2, 0.25) is 0 Å². The van der Waals surface area contributed by atoms with Gasteiger partial charge in [0.05, 0.1) is 17.7 Å². The molecule has 120 valence electrons. The molecule has 0 aliphatic carbocycles. The van der Waals surface area contributed by atoms with E-state index in [-0.39, 0.29) is 12.1 Å². The number of alkyl halides is 3. The molecule has 2 N–H and O–H groups in total. The highest BCUT2D eigenvalue weighted by Crippen LogP contribution is 2.40. The fourth-order valence-electron chi connectivity index (χ4n) is 2.68. The van der Waals surface area contributed by atoms with Gasteiger partial charge in [-0.3, -0.25) is 0 Å². The lowest BCUT2D eigenvalue weighted by molar-refractivity contribution is -0.203. The lowest BCUT2D eigenvalue weighted by Crippen LogP contribution is -2.69. The summed E-state index contributed by atoms with van der Waals surface area (Å²) in [4.78, 5) is 7.36. The molecule has 1 unspecified atom stereocenters. The van der Waals surface area contributed by atoms with Gasteiger partial charge in [0, 0.05) is 24.6 Å². The lowest BCUT2D eigenvalue weighted by Gasteiger charge is -2.53. The first-order chi connectivity index (χ1) is 11.0. The van der Waals surface area contributed by atoms with E-state index >= 15 is 0 Å². The summed E-state index contributed by atoms with van der Waals surface area (Å²) in [6.45, 7) is 0.909. The summed E-state index contributed by atoms with van der Waals surface area (Å²) in [7, 11) is 0. The predicted molar refractivity (Wildman–Crippen MR) is 76.2 cm³/mol. The molecule has 0 spiro atoms. The Kier molecular flexibility index (Phi) is 3.24. The van der Waals surface area contributed by atoms with Crippen LogP contribution in [-0.2, 0) is 10.9 Å². The van der Waals surface area contributed by atoms with Gasteiger partial charge >= 0.3 is 6.18 Å². The van der Waals surface area contributed by atoms with Crippen LogP contribution < -0.4 is 10.6 Å². The number of hydrogen-bond donors (Lipinski definition) is 2. The highest BCUT2D eigenvalue weighted by Gasteiger charge is 2.49. The van der Waals surface area contributed by atoms with E-state index in [4.69, 9.17) is 4.74 Å². The second-order valence-corrected chi connectivity index (χ2v) is 5.57. The van der Waals surface area contributed by atoms with Crippen molar-refractivity contribution in [1.82, 2.24) is 15.3 Å². The van der Waals surface area contributed by atoms with Crippen LogP contribution in [0.4, 0.5) is 24.8 Å². The highest BCUT2D eigenvalue weighted by atomic mass is 19.4. The third-order valence-electron chi connectivity index (χ3n) is 4.08. The molecule has 23 heavy (non-hydrogen) atoms. The molecular weight excluding hydrogens is 309 g/mol. The minimum atomic E-state index is -4.43. The number of nitrogens with zero attached hydrogens (tertiary/aromatic N) is 2. The molecule has 2 aliphatic heterocycles. The SMILES string of the molecule is FC(F)(F)c1cnc(Nc2ccc([C@@H]3OC4CN[C@H]43)cc2)nc1. The van der Waals surface area contributed by atoms with Crippen molar-refractivity contribution in [3.63, 3.8) is 0 Å². The van der Waals surface area contributed by atoms with Gasteiger partial charge in [-0.15, -0.1) is 0 Å². The molecule has 2 aromatic rings. The van der Waals surface area contributed by atoms with Crippen LogP contribution in [0.5, 0.6) is 0 Å². The van der Waals surface area contributed by atoms with E-state index in [1.807, 2.05) is 24.3 Å². The molecule has 3 heterocycles. The molecule has 2 fully saturated rings. The number of anilines is 2. The minimum absolute atomic E-state index is 0.0742. The number of ether oxygens (including phenoxy) is 1. The molecule has 8 heteroatoms. The smallest absolute Gasteiger partial charge is 0.365 e. The third kappa shape index (κ3) is 2.64. The molecule has 5 nitrogen and oxygen atoms in total. The molecule has 0 bridgehead atoms. The number of benzene rings is 1. The Labute approximate surface area is 129 Å². The number of hydrogen-bond acceptors (Lipinski definition) is 5. The number of halogens is 3. The van der Waals surface area contributed by atoms with E-state index in [1.54, 1.807) is 0 Å². The van der Waals surface area contributed by atoms with E-state index in [0.717, 1.165) is 24.5 Å². The molecule has 1 aromatic carbocycles. The highest BCUT2D eigenvalue weighted by molar-refractivity contribution is 5.54. The molecule has 4 rings (SSSR count). The molecule has 0 radical (unpaired) electrons. The lowest BCUT2D eigenvalue weighted by atomic mass is 9.86. The van der Waals surface area contributed by atoms with Crippen molar-refractivity contribution < 1.29 is 17.9 Å². The van der Waals surface area contributed by atoms with Gasteiger partial charge in [-0.05, 0) is 17.7 Å². The Morgan fingerprint density at radius 2 is 1.83 bits per heavy atom. The second-order valence-electron chi connectivity index (χ2n) is 5.57. The Bertz CT molecular complexity index is 702. The number of aromatic nitrogens is 2. The van der Waals surface area contributed by atoms with Gasteiger partial charge in [-0.1, -0.05) is 12.1 Å². The van der Waals surface area contributed by atoms with Crippen LogP contribution in [0.1, 0.15) is 17.2 Å². The van der Waals surface area contributed by atoms with Crippen molar-refractivity contribution >= 4 is 11.6 Å². The molecule has 3 atom stereocenters. The van der Waals surface area contributed by atoms with Crippen molar-refractivity contribution in [2.24, 2.45) is 0 Å². The van der Waals surface area contributed by atoms with Crippen LogP contribution in [-0.4, -0.2) is 28.7 Å². The van der Waals surface area contributed by atoms with Gasteiger partial charge in [-0.2, -0.15) is 13.2 Å². The quantitative estimate of drug-likeness (QED) is 0.910. The second kappa shape index (κ2) is 5.17. The Balaban J connectivity index is 1.42. The van der Waals surface area contributed by atoms with E-state index < -0.39 is 11.7 Å². The zero-order valence-corrected chi connectivity index (χ0v) is 11.8. The minimum Gasteiger partial charge on any atom is -0.365 e. The van der Waals surface area contributed by atoms with Crippen molar-refractivity contribution in [3.8, 4) is 0 Å². The average Bonchev–Trinajstić information content (AvgIpc) is 2.51. The Morgan fingerprint density at radius 3 is 2.30 bits per heavy atom. The standard InChI is InChI=1S/C15H13F3N4O/c16-15(17,18)9-5-20-14(21-6-9)22-10-3-1-8(2-4-10)13-12-11(23-13)7-19-12/h1-6,11-13,19H,7H2,(H,20,21,22)/t11?,12-,13+/m1/s1. The van der Waals surface area contributed by atoms with Gasteiger partial charge in [-0.25, -0.2) is 9.97 Å². The number of nitrogens with one attached hydrogen (secondary N) is 2. The summed E-state index contributed by atoms with van der Waals surface area (Å²) in [5, 5.41) is 6.19. The molecule has 0 saturated carbocycles. The fourth-order valence-corrected chi connectivity index (χ4v) is 2.68. The van der Waals surface area contributed by atoms with Gasteiger partial charge in [0.2, 0.25) is 5.95 Å². The first kappa shape index (κ1) is 14.4. The van der Waals surface area contributed by atoms with Crippen LogP contribution in [0.3, 0.4) is 0 Å². The number of rotatable bonds is 3. The zero-order valence-electron chi connectivity index (χ0n) is 11.8. The summed E-state index contributed by atoms with van der Waals surface area (Å²) in [6.07, 6.45) is -2.51. The largest absolute Gasteiger partial charge is 0.419 e. The molecule has 1 aromatic heterocycles. The van der Waals surface area contributed by atoms with E-state index in [9.17, 15) is 13.2 Å². The van der Waals surface area contributed by atoms with Crippen LogP contribution in [0, 0.1) is 0 Å². The summed E-state index contributed by atoms with van der Waals surface area (Å²) < 4.78 is 43.1. The molecule has 0 amide bonds. The maximum atomic E-state index is 12.5. The van der Waals surface area contributed by atoms with E-state index in [2.05, 4.69) is 20.6 Å². The van der Waals surface area contributed by atoms with Gasteiger partial charge in [0.1, 0.15) is 6.10 Å².